The predicted molar refractivity (Wildman–Crippen MR) is 116 cm³/mol. The molecular formula is C22H25ClN4O2. The summed E-state index contributed by atoms with van der Waals surface area (Å²) < 4.78 is 0. The second-order valence-electron chi connectivity index (χ2n) is 7.43. The maximum atomic E-state index is 12.7. The van der Waals surface area contributed by atoms with Crippen LogP contribution in [0, 0.1) is 25.2 Å². The third-order valence-electron chi connectivity index (χ3n) is 5.45. The highest BCUT2D eigenvalue weighted by atomic mass is 35.5. The van der Waals surface area contributed by atoms with E-state index in [-0.39, 0.29) is 23.5 Å². The fraction of sp³-hybridized carbons (Fsp3) is 0.409. The molecule has 3 rings (SSSR count). The first-order chi connectivity index (χ1) is 13.9. The third kappa shape index (κ3) is 4.80. The lowest BCUT2D eigenvalue weighted by atomic mass is 9.99. The van der Waals surface area contributed by atoms with E-state index < -0.39 is 0 Å². The largest absolute Gasteiger partial charge is 0.370 e. The van der Waals surface area contributed by atoms with Gasteiger partial charge in [0.1, 0.15) is 11.6 Å². The van der Waals surface area contributed by atoms with Gasteiger partial charge in [0.15, 0.2) is 0 Å². The van der Waals surface area contributed by atoms with E-state index in [1.807, 2.05) is 18.2 Å². The minimum Gasteiger partial charge on any atom is -0.370 e. The number of aromatic nitrogens is 1. The fourth-order valence-corrected chi connectivity index (χ4v) is 4.06. The Morgan fingerprint density at radius 2 is 2.00 bits per heavy atom. The number of pyridine rings is 1. The standard InChI is InChI=1S/C22H25ClN4O2/c1-14-17(15(2)25-22(29)18(14)13-24)7-9-21(28)26-19-12-16(23)6-8-20(19)27-10-4-3-5-11-27/h6,8,12H,3-5,7,9-11H2,1-2H3,(H,25,29)(H,26,28). The Morgan fingerprint density at radius 3 is 2.69 bits per heavy atom. The monoisotopic (exact) mass is 412 g/mol. The number of hydrogen-bond acceptors (Lipinski definition) is 4. The number of aromatic amines is 1. The zero-order valence-corrected chi connectivity index (χ0v) is 17.5. The Bertz CT molecular complexity index is 1020. The van der Waals surface area contributed by atoms with Crippen LogP contribution in [0.15, 0.2) is 23.0 Å². The molecule has 7 heteroatoms. The molecule has 2 heterocycles. The van der Waals surface area contributed by atoms with Crippen LogP contribution in [0.2, 0.25) is 5.02 Å². The summed E-state index contributed by atoms with van der Waals surface area (Å²) >= 11 is 6.17. The quantitative estimate of drug-likeness (QED) is 0.774. The van der Waals surface area contributed by atoms with E-state index in [0.717, 1.165) is 42.9 Å². The Kier molecular flexibility index (Phi) is 6.60. The smallest absolute Gasteiger partial charge is 0.266 e. The number of piperidine rings is 1. The van der Waals surface area contributed by atoms with Crippen molar-refractivity contribution >= 4 is 28.9 Å². The van der Waals surface area contributed by atoms with Gasteiger partial charge in [-0.3, -0.25) is 9.59 Å². The molecule has 1 saturated heterocycles. The molecule has 1 aliphatic rings. The van der Waals surface area contributed by atoms with Gasteiger partial charge in [0.2, 0.25) is 5.91 Å². The van der Waals surface area contributed by atoms with Crippen molar-refractivity contribution in [3.8, 4) is 6.07 Å². The Labute approximate surface area is 175 Å². The Balaban J connectivity index is 1.75. The number of rotatable bonds is 5. The van der Waals surface area contributed by atoms with Crippen molar-refractivity contribution in [1.82, 2.24) is 4.98 Å². The van der Waals surface area contributed by atoms with E-state index in [0.29, 0.717) is 22.7 Å². The number of halogens is 1. The number of nitrogens with one attached hydrogen (secondary N) is 2. The Morgan fingerprint density at radius 1 is 1.28 bits per heavy atom. The van der Waals surface area contributed by atoms with Gasteiger partial charge in [-0.05, 0) is 68.9 Å². The van der Waals surface area contributed by atoms with Crippen LogP contribution in [0.5, 0.6) is 0 Å². The molecule has 1 fully saturated rings. The van der Waals surface area contributed by atoms with Gasteiger partial charge >= 0.3 is 0 Å². The zero-order valence-electron chi connectivity index (χ0n) is 16.8. The van der Waals surface area contributed by atoms with Crippen molar-refractivity contribution in [3.05, 3.63) is 56.0 Å². The second-order valence-corrected chi connectivity index (χ2v) is 7.86. The molecule has 1 aromatic carbocycles. The van der Waals surface area contributed by atoms with Crippen LogP contribution >= 0.6 is 11.6 Å². The molecule has 0 unspecified atom stereocenters. The van der Waals surface area contributed by atoms with E-state index in [9.17, 15) is 14.9 Å². The number of H-pyrrole nitrogens is 1. The van der Waals surface area contributed by atoms with E-state index in [1.165, 1.54) is 6.42 Å². The van der Waals surface area contributed by atoms with Crippen molar-refractivity contribution in [1.29, 1.82) is 5.26 Å². The van der Waals surface area contributed by atoms with Crippen molar-refractivity contribution in [2.24, 2.45) is 0 Å². The molecule has 2 aromatic rings. The summed E-state index contributed by atoms with van der Waals surface area (Å²) in [6, 6.07) is 7.53. The predicted octanol–water partition coefficient (Wildman–Crippen LogP) is 4.08. The minimum atomic E-state index is -0.388. The summed E-state index contributed by atoms with van der Waals surface area (Å²) in [6.45, 7) is 5.47. The summed E-state index contributed by atoms with van der Waals surface area (Å²) in [6.07, 6.45) is 4.19. The first kappa shape index (κ1) is 20.9. The number of nitriles is 1. The van der Waals surface area contributed by atoms with E-state index in [2.05, 4.69) is 15.2 Å². The molecule has 2 N–H and O–H groups in total. The van der Waals surface area contributed by atoms with Crippen LogP contribution in [0.1, 0.15) is 48.1 Å². The zero-order chi connectivity index (χ0) is 21.0. The molecule has 0 saturated carbocycles. The first-order valence-electron chi connectivity index (χ1n) is 9.87. The maximum Gasteiger partial charge on any atom is 0.266 e. The SMILES string of the molecule is Cc1[nH]c(=O)c(C#N)c(C)c1CCC(=O)Nc1cc(Cl)ccc1N1CCCCC1. The van der Waals surface area contributed by atoms with Crippen LogP contribution in [0.25, 0.3) is 0 Å². The van der Waals surface area contributed by atoms with E-state index >= 15 is 0 Å². The molecule has 0 spiro atoms. The highest BCUT2D eigenvalue weighted by Gasteiger charge is 2.17. The molecular weight excluding hydrogens is 388 g/mol. The van der Waals surface area contributed by atoms with Gasteiger partial charge in [-0.25, -0.2) is 0 Å². The van der Waals surface area contributed by atoms with E-state index in [4.69, 9.17) is 11.6 Å². The van der Waals surface area contributed by atoms with Gasteiger partial charge in [0, 0.05) is 30.2 Å². The summed E-state index contributed by atoms with van der Waals surface area (Å²) in [5.74, 6) is -0.131. The maximum absolute atomic E-state index is 12.7. The minimum absolute atomic E-state index is 0.105. The summed E-state index contributed by atoms with van der Waals surface area (Å²) in [4.78, 5) is 29.5. The van der Waals surface area contributed by atoms with Gasteiger partial charge in [0.25, 0.3) is 5.56 Å². The van der Waals surface area contributed by atoms with Gasteiger partial charge in [-0.1, -0.05) is 11.6 Å². The van der Waals surface area contributed by atoms with Gasteiger partial charge in [0.05, 0.1) is 11.4 Å². The average molecular weight is 413 g/mol. The van der Waals surface area contributed by atoms with Gasteiger partial charge < -0.3 is 15.2 Å². The van der Waals surface area contributed by atoms with E-state index in [1.54, 1.807) is 19.9 Å². The van der Waals surface area contributed by atoms with Gasteiger partial charge in [-0.15, -0.1) is 0 Å². The van der Waals surface area contributed by atoms with Crippen LogP contribution in [-0.4, -0.2) is 24.0 Å². The number of hydrogen-bond donors (Lipinski definition) is 2. The Hall–Kier alpha value is -2.78. The molecule has 0 atom stereocenters. The highest BCUT2D eigenvalue weighted by molar-refractivity contribution is 6.31. The summed E-state index contributed by atoms with van der Waals surface area (Å²) in [5.41, 5.74) is 3.59. The van der Waals surface area contributed by atoms with Crippen molar-refractivity contribution in [3.63, 3.8) is 0 Å². The topological polar surface area (TPSA) is 89.0 Å². The molecule has 0 radical (unpaired) electrons. The number of anilines is 2. The summed E-state index contributed by atoms with van der Waals surface area (Å²) in [5, 5.41) is 12.8. The van der Waals surface area contributed by atoms with Gasteiger partial charge in [-0.2, -0.15) is 5.26 Å². The third-order valence-corrected chi connectivity index (χ3v) is 5.69. The number of carbonyl (C=O) groups is 1. The number of aryl methyl sites for hydroxylation is 1. The molecule has 6 nitrogen and oxygen atoms in total. The molecule has 1 aromatic heterocycles. The van der Waals surface area contributed by atoms with Crippen molar-refractivity contribution in [2.75, 3.05) is 23.3 Å². The molecule has 0 bridgehead atoms. The fourth-order valence-electron chi connectivity index (χ4n) is 3.89. The number of benzene rings is 1. The normalized spacial score (nSPS) is 13.8. The van der Waals surface area contributed by atoms with Crippen molar-refractivity contribution in [2.45, 2.75) is 46.0 Å². The lowest BCUT2D eigenvalue weighted by molar-refractivity contribution is -0.116. The summed E-state index contributed by atoms with van der Waals surface area (Å²) in [7, 11) is 0. The molecule has 1 amide bonds. The number of nitrogens with zero attached hydrogens (tertiary/aromatic N) is 2. The number of amides is 1. The average Bonchev–Trinajstić information content (AvgIpc) is 2.68. The van der Waals surface area contributed by atoms with Crippen LogP contribution < -0.4 is 15.8 Å². The second kappa shape index (κ2) is 9.15. The van der Waals surface area contributed by atoms with Crippen molar-refractivity contribution < 1.29 is 4.79 Å². The van der Waals surface area contributed by atoms with Crippen LogP contribution in [-0.2, 0) is 11.2 Å². The highest BCUT2D eigenvalue weighted by Crippen LogP contribution is 2.31. The first-order valence-corrected chi connectivity index (χ1v) is 10.3. The van der Waals surface area contributed by atoms with Crippen LogP contribution in [0.3, 0.4) is 0 Å². The molecule has 29 heavy (non-hydrogen) atoms. The molecule has 152 valence electrons. The molecule has 1 aliphatic heterocycles. The lowest BCUT2D eigenvalue weighted by Gasteiger charge is -2.30. The molecule has 0 aliphatic carbocycles. The number of carbonyl (C=O) groups excluding carboxylic acids is 1. The lowest BCUT2D eigenvalue weighted by Crippen LogP contribution is -2.30. The van der Waals surface area contributed by atoms with Crippen LogP contribution in [0.4, 0.5) is 11.4 Å².